The smallest absolute Gasteiger partial charge is 0.262 e. The van der Waals surface area contributed by atoms with E-state index in [1.54, 1.807) is 12.1 Å². The molecule has 0 fully saturated rings. The van der Waals surface area contributed by atoms with Crippen LogP contribution in [0.1, 0.15) is 0 Å². The van der Waals surface area contributed by atoms with Gasteiger partial charge in [-0.2, -0.15) is 0 Å². The van der Waals surface area contributed by atoms with Crippen molar-refractivity contribution < 1.29 is 9.53 Å². The van der Waals surface area contributed by atoms with E-state index in [9.17, 15) is 4.79 Å². The highest BCUT2D eigenvalue weighted by molar-refractivity contribution is 6.39. The number of amides is 1. The molecule has 26 heavy (non-hydrogen) atoms. The number of ether oxygens (including phenoxy) is 1. The molecule has 0 unspecified atom stereocenters. The van der Waals surface area contributed by atoms with Crippen LogP contribution < -0.4 is 15.8 Å². The Labute approximate surface area is 161 Å². The summed E-state index contributed by atoms with van der Waals surface area (Å²) in [4.78, 5) is 12.2. The Hall–Kier alpha value is -2.69. The molecule has 0 aliphatic carbocycles. The van der Waals surface area contributed by atoms with Crippen LogP contribution in [0.3, 0.4) is 0 Å². The molecule has 0 heterocycles. The molecule has 0 aliphatic rings. The van der Waals surface area contributed by atoms with Crippen molar-refractivity contribution in [1.29, 1.82) is 0 Å². The van der Waals surface area contributed by atoms with E-state index < -0.39 is 0 Å². The van der Waals surface area contributed by atoms with Crippen LogP contribution in [-0.4, -0.2) is 12.5 Å². The number of carbonyl (C=O) groups is 1. The zero-order valence-corrected chi connectivity index (χ0v) is 15.2. The van der Waals surface area contributed by atoms with Gasteiger partial charge < -0.3 is 15.8 Å². The number of nitrogen functional groups attached to an aromatic ring is 1. The maximum atomic E-state index is 12.2. The Bertz CT molecular complexity index is 907. The summed E-state index contributed by atoms with van der Waals surface area (Å²) in [6.07, 6.45) is 0. The van der Waals surface area contributed by atoms with Crippen LogP contribution in [-0.2, 0) is 4.79 Å². The van der Waals surface area contributed by atoms with E-state index >= 15 is 0 Å². The predicted octanol–water partition coefficient (Wildman–Crippen LogP) is 5.26. The normalized spacial score (nSPS) is 10.4. The number of carbonyl (C=O) groups excluding carboxylic acids is 1. The molecule has 0 atom stereocenters. The minimum absolute atomic E-state index is 0.149. The van der Waals surface area contributed by atoms with Gasteiger partial charge in [0.15, 0.2) is 6.61 Å². The molecular weight excluding hydrogens is 371 g/mol. The van der Waals surface area contributed by atoms with Crippen molar-refractivity contribution in [3.05, 3.63) is 76.8 Å². The fourth-order valence-electron chi connectivity index (χ4n) is 2.45. The fourth-order valence-corrected chi connectivity index (χ4v) is 2.93. The summed E-state index contributed by atoms with van der Waals surface area (Å²) in [5.74, 6) is 0.298. The monoisotopic (exact) mass is 386 g/mol. The lowest BCUT2D eigenvalue weighted by Gasteiger charge is -2.12. The largest absolute Gasteiger partial charge is 0.483 e. The summed E-state index contributed by atoms with van der Waals surface area (Å²) < 4.78 is 5.71. The van der Waals surface area contributed by atoms with Crippen molar-refractivity contribution in [1.82, 2.24) is 0 Å². The minimum Gasteiger partial charge on any atom is -0.483 e. The first-order valence-electron chi connectivity index (χ1n) is 7.86. The van der Waals surface area contributed by atoms with Crippen LogP contribution in [0.4, 0.5) is 11.4 Å². The zero-order valence-electron chi connectivity index (χ0n) is 13.7. The molecule has 0 aromatic heterocycles. The average Bonchev–Trinajstić information content (AvgIpc) is 2.65. The second-order valence-electron chi connectivity index (χ2n) is 5.55. The number of rotatable bonds is 5. The van der Waals surface area contributed by atoms with Crippen LogP contribution in [0.25, 0.3) is 11.1 Å². The first-order valence-corrected chi connectivity index (χ1v) is 8.62. The molecule has 0 spiro atoms. The van der Waals surface area contributed by atoms with Gasteiger partial charge in [-0.15, -0.1) is 0 Å². The SMILES string of the molecule is Nc1c(Cl)cc(NC(=O)COc2ccccc2-c2ccccc2)cc1Cl. The van der Waals surface area contributed by atoms with Crippen molar-refractivity contribution in [3.8, 4) is 16.9 Å². The number of nitrogens with one attached hydrogen (secondary N) is 1. The second kappa shape index (κ2) is 8.13. The number of nitrogens with two attached hydrogens (primary N) is 1. The molecule has 1 amide bonds. The van der Waals surface area contributed by atoms with E-state index in [1.165, 1.54) is 0 Å². The third-order valence-electron chi connectivity index (χ3n) is 3.69. The number of halogens is 2. The number of benzene rings is 3. The van der Waals surface area contributed by atoms with E-state index in [0.717, 1.165) is 11.1 Å². The van der Waals surface area contributed by atoms with Gasteiger partial charge in [0.25, 0.3) is 5.91 Å². The lowest BCUT2D eigenvalue weighted by Crippen LogP contribution is -2.20. The summed E-state index contributed by atoms with van der Waals surface area (Å²) in [6.45, 7) is -0.149. The maximum absolute atomic E-state index is 12.2. The Balaban J connectivity index is 1.69. The van der Waals surface area contributed by atoms with E-state index in [4.69, 9.17) is 33.7 Å². The van der Waals surface area contributed by atoms with Crippen LogP contribution in [0.15, 0.2) is 66.7 Å². The second-order valence-corrected chi connectivity index (χ2v) is 6.37. The van der Waals surface area contributed by atoms with Gasteiger partial charge in [0.1, 0.15) is 5.75 Å². The summed E-state index contributed by atoms with van der Waals surface area (Å²) in [5, 5.41) is 3.25. The van der Waals surface area contributed by atoms with E-state index in [2.05, 4.69) is 5.32 Å². The van der Waals surface area contributed by atoms with Crippen LogP contribution >= 0.6 is 23.2 Å². The molecular formula is C20H16Cl2N2O2. The van der Waals surface area contributed by atoms with Gasteiger partial charge in [0.05, 0.1) is 15.7 Å². The van der Waals surface area contributed by atoms with E-state index in [-0.39, 0.29) is 28.2 Å². The molecule has 0 radical (unpaired) electrons. The Kier molecular flexibility index (Phi) is 5.66. The Morgan fingerprint density at radius 1 is 0.962 bits per heavy atom. The van der Waals surface area contributed by atoms with Crippen molar-refractivity contribution in [3.63, 3.8) is 0 Å². The van der Waals surface area contributed by atoms with Gasteiger partial charge in [-0.3, -0.25) is 4.79 Å². The quantitative estimate of drug-likeness (QED) is 0.587. The maximum Gasteiger partial charge on any atom is 0.262 e. The lowest BCUT2D eigenvalue weighted by molar-refractivity contribution is -0.118. The molecule has 4 nitrogen and oxygen atoms in total. The highest BCUT2D eigenvalue weighted by Crippen LogP contribution is 2.31. The molecule has 3 aromatic rings. The predicted molar refractivity (Wildman–Crippen MR) is 107 cm³/mol. The van der Waals surface area contributed by atoms with Crippen molar-refractivity contribution in [2.24, 2.45) is 0 Å². The van der Waals surface area contributed by atoms with Gasteiger partial charge in [0.2, 0.25) is 0 Å². The summed E-state index contributed by atoms with van der Waals surface area (Å²) >= 11 is 11.9. The first kappa shape index (κ1) is 18.1. The number of hydrogen-bond acceptors (Lipinski definition) is 3. The third-order valence-corrected chi connectivity index (χ3v) is 4.32. The molecule has 0 saturated heterocycles. The van der Waals surface area contributed by atoms with Gasteiger partial charge >= 0.3 is 0 Å². The Morgan fingerprint density at radius 2 is 1.58 bits per heavy atom. The number of para-hydroxylation sites is 1. The molecule has 0 saturated carbocycles. The average molecular weight is 387 g/mol. The van der Waals surface area contributed by atoms with E-state index in [0.29, 0.717) is 11.4 Å². The zero-order chi connectivity index (χ0) is 18.5. The standard InChI is InChI=1S/C20H16Cl2N2O2/c21-16-10-14(11-17(22)20(16)23)24-19(25)12-26-18-9-5-4-8-15(18)13-6-2-1-3-7-13/h1-11H,12,23H2,(H,24,25). The Morgan fingerprint density at radius 3 is 2.27 bits per heavy atom. The summed E-state index contributed by atoms with van der Waals surface area (Å²) in [7, 11) is 0. The van der Waals surface area contributed by atoms with Crippen molar-refractivity contribution >= 4 is 40.5 Å². The highest BCUT2D eigenvalue weighted by atomic mass is 35.5. The third kappa shape index (κ3) is 4.28. The van der Waals surface area contributed by atoms with Gasteiger partial charge in [-0.05, 0) is 23.8 Å². The van der Waals surface area contributed by atoms with Gasteiger partial charge in [0, 0.05) is 11.3 Å². The number of anilines is 2. The van der Waals surface area contributed by atoms with E-state index in [1.807, 2.05) is 54.6 Å². The number of hydrogen-bond donors (Lipinski definition) is 2. The molecule has 0 aliphatic heterocycles. The first-order chi connectivity index (χ1) is 12.5. The minimum atomic E-state index is -0.329. The van der Waals surface area contributed by atoms with Crippen LogP contribution in [0, 0.1) is 0 Å². The van der Waals surface area contributed by atoms with Crippen LogP contribution in [0.5, 0.6) is 5.75 Å². The van der Waals surface area contributed by atoms with Gasteiger partial charge in [-0.25, -0.2) is 0 Å². The molecule has 132 valence electrons. The van der Waals surface area contributed by atoms with Gasteiger partial charge in [-0.1, -0.05) is 71.7 Å². The summed E-state index contributed by atoms with van der Waals surface area (Å²) in [5.41, 5.74) is 8.35. The molecule has 3 rings (SSSR count). The molecule has 0 bridgehead atoms. The van der Waals surface area contributed by atoms with Crippen LogP contribution in [0.2, 0.25) is 10.0 Å². The van der Waals surface area contributed by atoms with Crippen molar-refractivity contribution in [2.45, 2.75) is 0 Å². The summed E-state index contributed by atoms with van der Waals surface area (Å²) in [6, 6.07) is 20.5. The van der Waals surface area contributed by atoms with Crippen molar-refractivity contribution in [2.75, 3.05) is 17.7 Å². The molecule has 3 N–H and O–H groups in total. The highest BCUT2D eigenvalue weighted by Gasteiger charge is 2.10. The topological polar surface area (TPSA) is 64.3 Å². The molecule has 3 aromatic carbocycles. The fraction of sp³-hybridized carbons (Fsp3) is 0.0500. The lowest BCUT2D eigenvalue weighted by atomic mass is 10.1. The molecule has 6 heteroatoms.